The lowest BCUT2D eigenvalue weighted by atomic mass is 9.86. The molecule has 0 aliphatic carbocycles. The minimum Gasteiger partial charge on any atom is -0.377 e. The van der Waals surface area contributed by atoms with Gasteiger partial charge in [-0.3, -0.25) is 42.9 Å². The van der Waals surface area contributed by atoms with Crippen molar-refractivity contribution >= 4 is 63.2 Å². The van der Waals surface area contributed by atoms with Crippen LogP contribution in [0.15, 0.2) is 79.0 Å². The van der Waals surface area contributed by atoms with Gasteiger partial charge in [0.1, 0.15) is 24.7 Å². The van der Waals surface area contributed by atoms with Crippen molar-refractivity contribution in [3.05, 3.63) is 95.7 Å². The maximum atomic E-state index is 13.5. The van der Waals surface area contributed by atoms with Crippen molar-refractivity contribution in [1.82, 2.24) is 56.8 Å². The van der Waals surface area contributed by atoms with E-state index in [0.717, 1.165) is 36.7 Å². The molecule has 0 radical (unpaired) electrons. The number of nitrogens with zero attached hydrogens (tertiary/aromatic N) is 7. The highest BCUT2D eigenvalue weighted by Crippen LogP contribution is 2.25. The molecule has 0 aliphatic heterocycles. The first-order valence-corrected chi connectivity index (χ1v) is 29.9. The first-order chi connectivity index (χ1) is 42.3. The molecule has 0 bridgehead atoms. The number of hydrogen-bond donors (Lipinski definition) is 7. The van der Waals surface area contributed by atoms with E-state index >= 15 is 0 Å². The quantitative estimate of drug-likeness (QED) is 0.0106. The molecule has 484 valence electrons. The lowest BCUT2D eigenvalue weighted by Gasteiger charge is -2.30. The van der Waals surface area contributed by atoms with Gasteiger partial charge in [0, 0.05) is 61.4 Å². The molecule has 0 saturated heterocycles. The fourth-order valence-corrected chi connectivity index (χ4v) is 8.83. The summed E-state index contributed by atoms with van der Waals surface area (Å²) in [5, 5.41) is 33.2. The van der Waals surface area contributed by atoms with Gasteiger partial charge < -0.3 is 65.6 Å². The Morgan fingerprint density at radius 3 is 1.31 bits per heavy atom. The summed E-state index contributed by atoms with van der Waals surface area (Å²) >= 11 is 0. The fraction of sp³-hybridized carbons (Fsp3) is 0.590. The Labute approximate surface area is 515 Å². The molecule has 2 aromatic heterocycles. The summed E-state index contributed by atoms with van der Waals surface area (Å²) < 4.78 is 37.1. The molecule has 3 atom stereocenters. The van der Waals surface area contributed by atoms with Crippen molar-refractivity contribution in [3.63, 3.8) is 0 Å². The number of amides is 7. The van der Waals surface area contributed by atoms with Crippen molar-refractivity contribution in [2.24, 2.45) is 15.9 Å². The molecule has 4 aromatic rings. The van der Waals surface area contributed by atoms with Crippen molar-refractivity contribution in [1.29, 1.82) is 0 Å². The number of aromatic nitrogens is 4. The molecule has 7 N–H and O–H groups in total. The van der Waals surface area contributed by atoms with Gasteiger partial charge in [-0.25, -0.2) is 0 Å². The molecular weight excluding hydrogens is 1140 g/mol. The van der Waals surface area contributed by atoms with Gasteiger partial charge in [0.2, 0.25) is 29.5 Å². The number of para-hydroxylation sites is 2. The van der Waals surface area contributed by atoms with E-state index in [-0.39, 0.29) is 147 Å². The average molecular weight is 1230 g/mol. The molecule has 0 fully saturated rings. The lowest BCUT2D eigenvalue weighted by molar-refractivity contribution is -0.129. The predicted molar refractivity (Wildman–Crippen MR) is 332 cm³/mol. The Morgan fingerprint density at radius 1 is 0.545 bits per heavy atom. The van der Waals surface area contributed by atoms with Crippen LogP contribution in [-0.4, -0.2) is 191 Å². The molecule has 0 aliphatic rings. The van der Waals surface area contributed by atoms with E-state index in [4.69, 9.17) is 34.0 Å². The molecule has 0 spiro atoms. The summed E-state index contributed by atoms with van der Waals surface area (Å²) in [6, 6.07) is 12.2. The number of fused-ring (bicyclic) bond motifs is 2. The van der Waals surface area contributed by atoms with Crippen LogP contribution in [0.4, 0.5) is 0 Å². The van der Waals surface area contributed by atoms with Crippen molar-refractivity contribution in [2.45, 2.75) is 111 Å². The van der Waals surface area contributed by atoms with E-state index in [9.17, 15) is 33.6 Å². The van der Waals surface area contributed by atoms with Gasteiger partial charge in [-0.15, -0.1) is 13.2 Å². The number of aryl methyl sites for hydroxylation is 2. The summed E-state index contributed by atoms with van der Waals surface area (Å²) in [7, 11) is 0. The van der Waals surface area contributed by atoms with Crippen LogP contribution >= 0.6 is 0 Å². The van der Waals surface area contributed by atoms with Gasteiger partial charge in [0.25, 0.3) is 11.8 Å². The third-order valence-electron chi connectivity index (χ3n) is 13.4. The zero-order valence-electron chi connectivity index (χ0n) is 52.0. The number of hydrogen-bond acceptors (Lipinski definition) is 16. The van der Waals surface area contributed by atoms with Gasteiger partial charge >= 0.3 is 0 Å². The highest BCUT2D eigenvalue weighted by atomic mass is 16.5. The van der Waals surface area contributed by atoms with E-state index in [1.54, 1.807) is 0 Å². The molecule has 7 amide bonds. The van der Waals surface area contributed by atoms with Crippen LogP contribution in [0.25, 0.3) is 32.2 Å². The van der Waals surface area contributed by atoms with Gasteiger partial charge in [-0.2, -0.15) is 10.2 Å². The summed E-state index contributed by atoms with van der Waals surface area (Å²) in [6.45, 7) is 23.0. The molecule has 4 rings (SSSR count). The first kappa shape index (κ1) is 72.7. The summed E-state index contributed by atoms with van der Waals surface area (Å²) in [5.41, 5.74) is 9.62. The SMILES string of the molecule is C=CCCCn1nc(C(=O)N[C@H](C(=O)NCCOCCOCCOCCNC(=O)CC[C@H](NC(=O)CN=[N+]=[N-])C(=O)NCCOCCOCCOCCNC(=O)[C@@H](NC(=O)c2nn(CCCC=C)c3ccccc23)C(C)(C)C)C(C)(C)C)c2ccccc21. The van der Waals surface area contributed by atoms with Crippen molar-refractivity contribution < 1.29 is 62.0 Å². The molecule has 0 unspecified atom stereocenters. The summed E-state index contributed by atoms with van der Waals surface area (Å²) in [5.74, 6) is -3.18. The Morgan fingerprint density at radius 2 is 0.920 bits per heavy atom. The second-order valence-electron chi connectivity index (χ2n) is 22.5. The lowest BCUT2D eigenvalue weighted by Crippen LogP contribution is -2.54. The molecular formula is C61H92N14O13. The Bertz CT molecular complexity index is 2910. The topological polar surface area (TPSA) is 343 Å². The highest BCUT2D eigenvalue weighted by Gasteiger charge is 2.35. The van der Waals surface area contributed by atoms with Crippen LogP contribution < -0.4 is 37.2 Å². The van der Waals surface area contributed by atoms with Crippen LogP contribution in [0.5, 0.6) is 0 Å². The zero-order valence-corrected chi connectivity index (χ0v) is 52.0. The Balaban J connectivity index is 1.01. The number of nitrogens with one attached hydrogen (secondary N) is 7. The van der Waals surface area contributed by atoms with Gasteiger partial charge in [0.15, 0.2) is 11.4 Å². The van der Waals surface area contributed by atoms with Crippen LogP contribution in [-0.2, 0) is 65.5 Å². The largest absolute Gasteiger partial charge is 0.377 e. The van der Waals surface area contributed by atoms with Gasteiger partial charge in [0.05, 0.1) is 90.3 Å². The van der Waals surface area contributed by atoms with Crippen LogP contribution in [0.2, 0.25) is 0 Å². The summed E-state index contributed by atoms with van der Waals surface area (Å²) in [6.07, 6.45) is 6.84. The smallest absolute Gasteiger partial charge is 0.273 e. The molecule has 88 heavy (non-hydrogen) atoms. The van der Waals surface area contributed by atoms with E-state index < -0.39 is 59.1 Å². The van der Waals surface area contributed by atoms with E-state index in [1.165, 1.54) is 0 Å². The molecule has 2 heterocycles. The predicted octanol–water partition coefficient (Wildman–Crippen LogP) is 4.45. The third-order valence-corrected chi connectivity index (χ3v) is 13.4. The molecule has 27 heteroatoms. The second-order valence-corrected chi connectivity index (χ2v) is 22.5. The van der Waals surface area contributed by atoms with Gasteiger partial charge in [-0.05, 0) is 60.6 Å². The maximum Gasteiger partial charge on any atom is 0.273 e. The number of rotatable bonds is 45. The number of benzene rings is 2. The molecule has 27 nitrogen and oxygen atoms in total. The number of azide groups is 1. The summed E-state index contributed by atoms with van der Waals surface area (Å²) in [4.78, 5) is 94.3. The number of ether oxygens (including phenoxy) is 6. The highest BCUT2D eigenvalue weighted by molar-refractivity contribution is 6.07. The first-order valence-electron chi connectivity index (χ1n) is 29.9. The molecule has 2 aromatic carbocycles. The Kier molecular flexibility index (Phi) is 33.0. The second kappa shape index (κ2) is 39.9. The number of carbonyl (C=O) groups excluding carboxylic acids is 7. The molecule has 0 saturated carbocycles. The van der Waals surface area contributed by atoms with E-state index in [1.807, 2.05) is 112 Å². The monoisotopic (exact) mass is 1230 g/mol. The van der Waals surface area contributed by atoms with Gasteiger partial charge in [-0.1, -0.05) is 95.2 Å². The number of allylic oxidation sites excluding steroid dienone is 2. The van der Waals surface area contributed by atoms with Crippen molar-refractivity contribution in [2.75, 3.05) is 112 Å². The van der Waals surface area contributed by atoms with E-state index in [2.05, 4.69) is 70.6 Å². The fourth-order valence-electron chi connectivity index (χ4n) is 8.83. The normalized spacial score (nSPS) is 12.5. The number of unbranched alkanes of at least 4 members (excludes halogenated alkanes) is 2. The van der Waals surface area contributed by atoms with Crippen molar-refractivity contribution in [3.8, 4) is 0 Å². The third kappa shape index (κ3) is 26.3. The standard InChI is InChI=1S/C61H92N14O13/c1-9-11-17-29-74-47-21-15-13-19-44(47)51(71-74)56(79)69-53(60(3,4)5)58(81)65-27-33-85-37-41-87-39-35-83-31-25-63-49(76)24-23-46(68-50(77)43-67-73-62)55(78)64-26-32-84-36-40-88-42-38-86-34-28-66-59(82)54(61(6,7)8)70-57(80)52-45-20-14-16-22-48(45)75(72-52)30-18-12-10-2/h9-10,13-16,19-22,46,53-54H,1-2,11-12,17-18,23-43H2,3-8H3,(H,63,76)(H,64,78)(H,65,81)(H,66,82)(H,68,77)(H,69,79)(H,70,80)/t46-,53+,54+/m0/s1. The Hall–Kier alpha value is -7.78. The number of carbonyl (C=O) groups is 7. The minimum atomic E-state index is -1.09. The van der Waals surface area contributed by atoms with Crippen LogP contribution in [0, 0.1) is 10.8 Å². The average Bonchev–Trinajstić information content (AvgIpc) is 4.20. The van der Waals surface area contributed by atoms with E-state index in [0.29, 0.717) is 23.9 Å². The minimum absolute atomic E-state index is 0.0389. The van der Waals surface area contributed by atoms with Crippen LogP contribution in [0.3, 0.4) is 0 Å². The maximum absolute atomic E-state index is 13.5. The van der Waals surface area contributed by atoms with Crippen LogP contribution in [0.1, 0.15) is 101 Å². The zero-order chi connectivity index (χ0) is 64.2.